The van der Waals surface area contributed by atoms with Crippen molar-refractivity contribution >= 4 is 0 Å². The fourth-order valence-electron chi connectivity index (χ4n) is 1.56. The monoisotopic (exact) mass is 224 g/mol. The van der Waals surface area contributed by atoms with Crippen LogP contribution in [0.3, 0.4) is 0 Å². The molecule has 0 aliphatic carbocycles. The molecule has 1 heteroatoms. The molecule has 0 heterocycles. The van der Waals surface area contributed by atoms with Crippen molar-refractivity contribution < 1.29 is 5.11 Å². The van der Waals surface area contributed by atoms with Crippen molar-refractivity contribution in [1.82, 2.24) is 0 Å². The lowest BCUT2D eigenvalue weighted by atomic mass is 10.1. The van der Waals surface area contributed by atoms with E-state index in [1.807, 2.05) is 0 Å². The predicted molar refractivity (Wildman–Crippen MR) is 72.6 cm³/mol. The number of hydrogen-bond acceptors (Lipinski definition) is 1. The Morgan fingerprint density at radius 3 is 2.00 bits per heavy atom. The van der Waals surface area contributed by atoms with Crippen LogP contribution in [0.5, 0.6) is 0 Å². The lowest BCUT2D eigenvalue weighted by Gasteiger charge is -2.06. The minimum atomic E-state index is -0.127. The van der Waals surface area contributed by atoms with Crippen molar-refractivity contribution in [2.75, 3.05) is 0 Å². The Balaban J connectivity index is 3.32. The molecule has 1 unspecified atom stereocenters. The molecule has 1 nitrogen and oxygen atoms in total. The van der Waals surface area contributed by atoms with E-state index in [-0.39, 0.29) is 6.10 Å². The Morgan fingerprint density at radius 2 is 1.44 bits per heavy atom. The Hall–Kier alpha value is -0.560. The highest BCUT2D eigenvalue weighted by atomic mass is 16.3. The molecule has 0 aliphatic heterocycles. The Labute approximate surface area is 101 Å². The van der Waals surface area contributed by atoms with E-state index in [0.29, 0.717) is 0 Å². The summed E-state index contributed by atoms with van der Waals surface area (Å²) in [7, 11) is 0. The molecule has 0 amide bonds. The van der Waals surface area contributed by atoms with Crippen LogP contribution in [0.4, 0.5) is 0 Å². The number of hydrogen-bond donors (Lipinski definition) is 1. The molecule has 0 bridgehead atoms. The number of allylic oxidation sites excluding steroid dienone is 4. The van der Waals surface area contributed by atoms with Gasteiger partial charge in [0, 0.05) is 0 Å². The molecule has 0 aromatic heterocycles. The molecular weight excluding hydrogens is 196 g/mol. The fourth-order valence-corrected chi connectivity index (χ4v) is 1.56. The summed E-state index contributed by atoms with van der Waals surface area (Å²) in [5.74, 6) is 0. The van der Waals surface area contributed by atoms with E-state index in [2.05, 4.69) is 38.2 Å². The van der Waals surface area contributed by atoms with Gasteiger partial charge in [0.25, 0.3) is 0 Å². The maximum absolute atomic E-state index is 9.68. The van der Waals surface area contributed by atoms with Gasteiger partial charge < -0.3 is 5.11 Å². The van der Waals surface area contributed by atoms with E-state index in [9.17, 15) is 5.11 Å². The summed E-state index contributed by atoms with van der Waals surface area (Å²) < 4.78 is 0. The maximum atomic E-state index is 9.68. The van der Waals surface area contributed by atoms with E-state index < -0.39 is 0 Å². The number of aliphatic hydroxyl groups is 1. The van der Waals surface area contributed by atoms with Crippen LogP contribution >= 0.6 is 0 Å². The summed E-state index contributed by atoms with van der Waals surface area (Å²) in [6.45, 7) is 4.34. The second-order valence-corrected chi connectivity index (χ2v) is 4.30. The molecule has 0 aromatic rings. The third-order valence-electron chi connectivity index (χ3n) is 2.63. The first-order valence-corrected chi connectivity index (χ1v) is 6.79. The summed E-state index contributed by atoms with van der Waals surface area (Å²) in [5.41, 5.74) is 0. The maximum Gasteiger partial charge on any atom is 0.0546 e. The molecule has 0 aliphatic rings. The zero-order chi connectivity index (χ0) is 12.1. The van der Waals surface area contributed by atoms with Crippen LogP contribution in [0.15, 0.2) is 24.3 Å². The van der Waals surface area contributed by atoms with Gasteiger partial charge in [-0.15, -0.1) is 0 Å². The second-order valence-electron chi connectivity index (χ2n) is 4.30. The van der Waals surface area contributed by atoms with Crippen molar-refractivity contribution in [3.05, 3.63) is 24.3 Å². The average Bonchev–Trinajstić information content (AvgIpc) is 2.29. The zero-order valence-electron chi connectivity index (χ0n) is 11.0. The molecule has 1 N–H and O–H groups in total. The molecule has 0 rings (SSSR count). The number of aliphatic hydroxyl groups excluding tert-OH is 1. The van der Waals surface area contributed by atoms with Crippen molar-refractivity contribution in [2.45, 2.75) is 71.3 Å². The Kier molecular flexibility index (Phi) is 12.1. The van der Waals surface area contributed by atoms with E-state index >= 15 is 0 Å². The standard InChI is InChI=1S/C15H28O/c1-3-5-7-9-10-12-14-15(16)13-11-8-6-4-2/h6,8-10,15-16H,3-5,7,11-14H2,1-2H3/b8-6-,10-9-. The summed E-state index contributed by atoms with van der Waals surface area (Å²) in [5, 5.41) is 9.68. The molecule has 1 atom stereocenters. The van der Waals surface area contributed by atoms with Gasteiger partial charge in [-0.05, 0) is 38.5 Å². The second kappa shape index (κ2) is 12.5. The summed E-state index contributed by atoms with van der Waals surface area (Å²) >= 11 is 0. The van der Waals surface area contributed by atoms with Crippen LogP contribution in [0, 0.1) is 0 Å². The van der Waals surface area contributed by atoms with Crippen molar-refractivity contribution in [1.29, 1.82) is 0 Å². The van der Waals surface area contributed by atoms with Gasteiger partial charge in [-0.2, -0.15) is 0 Å². The number of unbranched alkanes of at least 4 members (excludes halogenated alkanes) is 2. The molecule has 94 valence electrons. The molecular formula is C15H28O. The molecule has 0 radical (unpaired) electrons. The first-order chi connectivity index (χ1) is 7.81. The molecule has 0 spiro atoms. The van der Waals surface area contributed by atoms with Crippen LogP contribution in [0.25, 0.3) is 0 Å². The Bertz CT molecular complexity index is 182. The molecule has 0 saturated heterocycles. The van der Waals surface area contributed by atoms with Gasteiger partial charge in [0.05, 0.1) is 6.10 Å². The van der Waals surface area contributed by atoms with Crippen LogP contribution in [0.1, 0.15) is 65.2 Å². The highest BCUT2D eigenvalue weighted by Gasteiger charge is 2.00. The molecule has 0 saturated carbocycles. The summed E-state index contributed by atoms with van der Waals surface area (Å²) in [6.07, 6.45) is 17.3. The smallest absolute Gasteiger partial charge is 0.0546 e. The Morgan fingerprint density at radius 1 is 0.875 bits per heavy atom. The lowest BCUT2D eigenvalue weighted by Crippen LogP contribution is -2.04. The van der Waals surface area contributed by atoms with Crippen LogP contribution < -0.4 is 0 Å². The minimum Gasteiger partial charge on any atom is -0.393 e. The van der Waals surface area contributed by atoms with E-state index in [0.717, 1.165) is 32.1 Å². The van der Waals surface area contributed by atoms with Gasteiger partial charge in [0.2, 0.25) is 0 Å². The quantitative estimate of drug-likeness (QED) is 0.424. The van der Waals surface area contributed by atoms with Crippen molar-refractivity contribution in [3.63, 3.8) is 0 Å². The SMILES string of the molecule is CC/C=C\CCC(O)CC/C=C\CCCC. The molecule has 16 heavy (non-hydrogen) atoms. The van der Waals surface area contributed by atoms with E-state index in [1.54, 1.807) is 0 Å². The van der Waals surface area contributed by atoms with Crippen molar-refractivity contribution in [3.8, 4) is 0 Å². The van der Waals surface area contributed by atoms with Gasteiger partial charge in [0.1, 0.15) is 0 Å². The van der Waals surface area contributed by atoms with Gasteiger partial charge in [-0.1, -0.05) is 51.0 Å². The fraction of sp³-hybridized carbons (Fsp3) is 0.733. The third kappa shape index (κ3) is 11.5. The number of rotatable bonds is 10. The van der Waals surface area contributed by atoms with E-state index in [4.69, 9.17) is 0 Å². The van der Waals surface area contributed by atoms with Gasteiger partial charge in [0.15, 0.2) is 0 Å². The normalized spacial score (nSPS) is 13.9. The molecule has 0 aromatic carbocycles. The topological polar surface area (TPSA) is 20.2 Å². The highest BCUT2D eigenvalue weighted by molar-refractivity contribution is 4.84. The zero-order valence-corrected chi connectivity index (χ0v) is 11.0. The average molecular weight is 224 g/mol. The first kappa shape index (κ1) is 15.4. The lowest BCUT2D eigenvalue weighted by molar-refractivity contribution is 0.157. The first-order valence-electron chi connectivity index (χ1n) is 6.79. The van der Waals surface area contributed by atoms with Gasteiger partial charge in [-0.25, -0.2) is 0 Å². The van der Waals surface area contributed by atoms with Gasteiger partial charge in [-0.3, -0.25) is 0 Å². The third-order valence-corrected chi connectivity index (χ3v) is 2.63. The summed E-state index contributed by atoms with van der Waals surface area (Å²) in [4.78, 5) is 0. The van der Waals surface area contributed by atoms with Crippen LogP contribution in [0.2, 0.25) is 0 Å². The summed E-state index contributed by atoms with van der Waals surface area (Å²) in [6, 6.07) is 0. The van der Waals surface area contributed by atoms with Crippen LogP contribution in [-0.4, -0.2) is 11.2 Å². The molecule has 0 fully saturated rings. The largest absolute Gasteiger partial charge is 0.393 e. The van der Waals surface area contributed by atoms with Crippen LogP contribution in [-0.2, 0) is 0 Å². The van der Waals surface area contributed by atoms with E-state index in [1.165, 1.54) is 19.3 Å². The van der Waals surface area contributed by atoms with Gasteiger partial charge >= 0.3 is 0 Å². The highest BCUT2D eigenvalue weighted by Crippen LogP contribution is 2.07. The van der Waals surface area contributed by atoms with Crippen molar-refractivity contribution in [2.24, 2.45) is 0 Å². The predicted octanol–water partition coefficient (Wildman–Crippen LogP) is 4.62. The minimum absolute atomic E-state index is 0.127.